The molecule has 0 spiro atoms. The summed E-state index contributed by atoms with van der Waals surface area (Å²) in [6.07, 6.45) is 0. The second kappa shape index (κ2) is 9.13. The highest BCUT2D eigenvalue weighted by atomic mass is 32.2. The molecule has 0 radical (unpaired) electrons. The number of aliphatic carboxylic acids is 1. The Bertz CT molecular complexity index is 748. The van der Waals surface area contributed by atoms with Gasteiger partial charge < -0.3 is 15.2 Å². The van der Waals surface area contributed by atoms with E-state index in [1.807, 2.05) is 31.2 Å². The summed E-state index contributed by atoms with van der Waals surface area (Å²) in [5.41, 5.74) is 1.51. The predicted molar refractivity (Wildman–Crippen MR) is 98.4 cm³/mol. The van der Waals surface area contributed by atoms with E-state index in [1.54, 1.807) is 31.2 Å². The Labute approximate surface area is 151 Å². The van der Waals surface area contributed by atoms with Crippen LogP contribution in [0.15, 0.2) is 53.4 Å². The van der Waals surface area contributed by atoms with Crippen molar-refractivity contribution in [2.45, 2.75) is 24.0 Å². The van der Waals surface area contributed by atoms with Crippen LogP contribution >= 0.6 is 11.8 Å². The zero-order valence-electron chi connectivity index (χ0n) is 14.2. The van der Waals surface area contributed by atoms with Gasteiger partial charge in [0.2, 0.25) is 0 Å². The Kier molecular flexibility index (Phi) is 6.89. The third kappa shape index (κ3) is 5.53. The quantitative estimate of drug-likeness (QED) is 0.558. The smallest absolute Gasteiger partial charge is 0.316 e. The molecule has 1 unspecified atom stereocenters. The van der Waals surface area contributed by atoms with Crippen LogP contribution in [-0.4, -0.2) is 35.4 Å². The molecule has 0 aliphatic heterocycles. The lowest BCUT2D eigenvalue weighted by Crippen LogP contribution is -2.28. The number of benzene rings is 2. The predicted octanol–water partition coefficient (Wildman–Crippen LogP) is 3.37. The number of thioether (sulfide) groups is 1. The van der Waals surface area contributed by atoms with Crippen LogP contribution in [0.2, 0.25) is 0 Å². The Morgan fingerprint density at radius 2 is 1.84 bits per heavy atom. The van der Waals surface area contributed by atoms with Gasteiger partial charge in [0, 0.05) is 4.90 Å². The van der Waals surface area contributed by atoms with Gasteiger partial charge in [-0.1, -0.05) is 30.3 Å². The van der Waals surface area contributed by atoms with E-state index in [4.69, 9.17) is 9.84 Å². The summed E-state index contributed by atoms with van der Waals surface area (Å²) < 4.78 is 5.65. The van der Waals surface area contributed by atoms with Crippen molar-refractivity contribution in [2.75, 3.05) is 13.2 Å². The molecule has 2 aromatic carbocycles. The van der Waals surface area contributed by atoms with E-state index in [1.165, 1.54) is 0 Å². The first kappa shape index (κ1) is 18.9. The molecule has 0 aliphatic rings. The van der Waals surface area contributed by atoms with Crippen LogP contribution in [0.5, 0.6) is 5.75 Å². The summed E-state index contributed by atoms with van der Waals surface area (Å²) >= 11 is 1.15. The van der Waals surface area contributed by atoms with Gasteiger partial charge in [0.15, 0.2) is 0 Å². The average Bonchev–Trinajstić information content (AvgIpc) is 2.60. The molecule has 5 nitrogen and oxygen atoms in total. The highest BCUT2D eigenvalue weighted by molar-refractivity contribution is 8.00. The largest absolute Gasteiger partial charge is 0.491 e. The number of carbonyl (C=O) groups is 2. The maximum atomic E-state index is 12.4. The number of carbonyl (C=O) groups excluding carboxylic acids is 1. The number of para-hydroxylation sites is 1. The summed E-state index contributed by atoms with van der Waals surface area (Å²) in [5, 5.41) is 11.2. The monoisotopic (exact) mass is 359 g/mol. The molecule has 2 aromatic rings. The lowest BCUT2D eigenvalue weighted by molar-refractivity contribution is -0.136. The van der Waals surface area contributed by atoms with Crippen molar-refractivity contribution in [1.82, 2.24) is 5.32 Å². The van der Waals surface area contributed by atoms with Crippen LogP contribution in [-0.2, 0) is 4.79 Å². The van der Waals surface area contributed by atoms with Gasteiger partial charge in [-0.25, -0.2) is 0 Å². The fourth-order valence-electron chi connectivity index (χ4n) is 2.14. The van der Waals surface area contributed by atoms with Crippen molar-refractivity contribution >= 4 is 23.6 Å². The van der Waals surface area contributed by atoms with Crippen LogP contribution in [0.3, 0.4) is 0 Å². The molecule has 0 aromatic heterocycles. The Morgan fingerprint density at radius 3 is 2.56 bits per heavy atom. The van der Waals surface area contributed by atoms with Crippen LogP contribution in [0.4, 0.5) is 0 Å². The van der Waals surface area contributed by atoms with Gasteiger partial charge in [0.25, 0.3) is 5.91 Å². The van der Waals surface area contributed by atoms with E-state index in [9.17, 15) is 9.59 Å². The minimum atomic E-state index is -0.910. The van der Waals surface area contributed by atoms with Crippen LogP contribution < -0.4 is 10.1 Å². The second-order valence-corrected chi connectivity index (χ2v) is 6.85. The second-order valence-electron chi connectivity index (χ2n) is 5.46. The molecule has 0 aliphatic carbocycles. The lowest BCUT2D eigenvalue weighted by Gasteiger charge is -2.12. The molecular weight excluding hydrogens is 338 g/mol. The first-order valence-corrected chi connectivity index (χ1v) is 8.82. The zero-order chi connectivity index (χ0) is 18.2. The molecule has 0 saturated heterocycles. The van der Waals surface area contributed by atoms with Crippen LogP contribution in [0.25, 0.3) is 0 Å². The van der Waals surface area contributed by atoms with E-state index in [-0.39, 0.29) is 5.91 Å². The maximum absolute atomic E-state index is 12.4. The van der Waals surface area contributed by atoms with Gasteiger partial charge in [-0.2, -0.15) is 0 Å². The number of hydrogen-bond acceptors (Lipinski definition) is 4. The lowest BCUT2D eigenvalue weighted by atomic mass is 10.2. The van der Waals surface area contributed by atoms with Gasteiger partial charge in [-0.3, -0.25) is 9.59 Å². The molecule has 0 heterocycles. The Morgan fingerprint density at radius 1 is 1.16 bits per heavy atom. The first-order chi connectivity index (χ1) is 12.0. The van der Waals surface area contributed by atoms with Gasteiger partial charge in [-0.05, 0) is 37.6 Å². The molecular formula is C19H21NO4S. The van der Waals surface area contributed by atoms with E-state index >= 15 is 0 Å². The van der Waals surface area contributed by atoms with E-state index in [2.05, 4.69) is 5.32 Å². The van der Waals surface area contributed by atoms with Crippen molar-refractivity contribution in [3.05, 3.63) is 59.7 Å². The number of carboxylic acids is 1. The molecule has 6 heteroatoms. The van der Waals surface area contributed by atoms with Gasteiger partial charge in [-0.15, -0.1) is 11.8 Å². The molecule has 1 atom stereocenters. The van der Waals surface area contributed by atoms with Crippen LogP contribution in [0, 0.1) is 6.92 Å². The van der Waals surface area contributed by atoms with E-state index in [0.29, 0.717) is 23.6 Å². The normalized spacial score (nSPS) is 11.6. The molecule has 0 bridgehead atoms. The maximum Gasteiger partial charge on any atom is 0.316 e. The Balaban J connectivity index is 1.90. The summed E-state index contributed by atoms with van der Waals surface area (Å²) in [4.78, 5) is 24.0. The molecule has 2 rings (SSSR count). The molecule has 25 heavy (non-hydrogen) atoms. The number of ether oxygens (including phenoxy) is 1. The summed E-state index contributed by atoms with van der Waals surface area (Å²) in [5.74, 6) is -0.357. The van der Waals surface area contributed by atoms with Gasteiger partial charge >= 0.3 is 5.97 Å². The van der Waals surface area contributed by atoms with E-state index < -0.39 is 11.2 Å². The average molecular weight is 359 g/mol. The van der Waals surface area contributed by atoms with Crippen LogP contribution in [0.1, 0.15) is 22.8 Å². The van der Waals surface area contributed by atoms with Crippen molar-refractivity contribution in [1.29, 1.82) is 0 Å². The minimum absolute atomic E-state index is 0.242. The highest BCUT2D eigenvalue weighted by Crippen LogP contribution is 2.27. The summed E-state index contributed by atoms with van der Waals surface area (Å²) in [7, 11) is 0. The van der Waals surface area contributed by atoms with E-state index in [0.717, 1.165) is 23.1 Å². The van der Waals surface area contributed by atoms with Crippen molar-refractivity contribution in [2.24, 2.45) is 0 Å². The number of amides is 1. The summed E-state index contributed by atoms with van der Waals surface area (Å²) in [6.45, 7) is 4.28. The number of nitrogens with one attached hydrogen (secondary N) is 1. The molecule has 132 valence electrons. The van der Waals surface area contributed by atoms with Crippen molar-refractivity contribution < 1.29 is 19.4 Å². The first-order valence-electron chi connectivity index (χ1n) is 7.94. The van der Waals surface area contributed by atoms with Crippen molar-refractivity contribution in [3.8, 4) is 5.75 Å². The SMILES string of the molecule is Cc1ccccc1OCCNC(=O)c1ccccc1SC(C)C(=O)O. The fraction of sp³-hybridized carbons (Fsp3) is 0.263. The fourth-order valence-corrected chi connectivity index (χ4v) is 3.06. The minimum Gasteiger partial charge on any atom is -0.491 e. The topological polar surface area (TPSA) is 75.6 Å². The van der Waals surface area contributed by atoms with Crippen molar-refractivity contribution in [3.63, 3.8) is 0 Å². The third-order valence-corrected chi connectivity index (χ3v) is 4.69. The molecule has 0 saturated carbocycles. The third-order valence-electron chi connectivity index (χ3n) is 3.52. The number of carboxylic acid groups (broad SMARTS) is 1. The Hall–Kier alpha value is -2.47. The molecule has 2 N–H and O–H groups in total. The summed E-state index contributed by atoms with van der Waals surface area (Å²) in [6, 6.07) is 14.7. The number of rotatable bonds is 8. The number of aryl methyl sites for hydroxylation is 1. The standard InChI is InChI=1S/C19H21NO4S/c1-13-7-3-5-9-16(13)24-12-11-20-18(21)15-8-4-6-10-17(15)25-14(2)19(22)23/h3-10,14H,11-12H2,1-2H3,(H,20,21)(H,22,23). The van der Waals surface area contributed by atoms with Gasteiger partial charge in [0.1, 0.15) is 17.6 Å². The molecule has 1 amide bonds. The molecule has 0 fully saturated rings. The zero-order valence-corrected chi connectivity index (χ0v) is 15.0. The van der Waals surface area contributed by atoms with Gasteiger partial charge in [0.05, 0.1) is 12.1 Å². The number of hydrogen-bond donors (Lipinski definition) is 2. The highest BCUT2D eigenvalue weighted by Gasteiger charge is 2.17.